The molecule has 2 aromatic rings. The van der Waals surface area contributed by atoms with E-state index >= 15 is 0 Å². The summed E-state index contributed by atoms with van der Waals surface area (Å²) in [7, 11) is 5.17. The van der Waals surface area contributed by atoms with Gasteiger partial charge < -0.3 is 10.2 Å². The molecule has 2 aromatic carbocycles. The zero-order valence-corrected chi connectivity index (χ0v) is 14.7. The molecule has 1 unspecified atom stereocenters. The van der Waals surface area contributed by atoms with Gasteiger partial charge in [-0.2, -0.15) is 0 Å². The smallest absolute Gasteiger partial charge is 0.269 e. The van der Waals surface area contributed by atoms with Gasteiger partial charge in [-0.3, -0.25) is 14.9 Å². The number of nitrogens with zero attached hydrogens (tertiary/aromatic N) is 2. The number of nitrogens with one attached hydrogen (secondary N) is 1. The number of nitro benzene ring substituents is 1. The van der Waals surface area contributed by atoms with Crippen LogP contribution in [0, 0.1) is 10.1 Å². The van der Waals surface area contributed by atoms with E-state index in [9.17, 15) is 14.9 Å². The number of aryl methyl sites for hydroxylation is 1. The number of carbonyl (C=O) groups excluding carboxylic acids is 1. The van der Waals surface area contributed by atoms with Crippen LogP contribution in [0.4, 0.5) is 5.69 Å². The molecule has 0 bridgehead atoms. The van der Waals surface area contributed by atoms with Gasteiger partial charge in [0.25, 0.3) is 5.69 Å². The molecule has 0 heterocycles. The van der Waals surface area contributed by atoms with Crippen LogP contribution < -0.4 is 5.32 Å². The van der Waals surface area contributed by atoms with Crippen molar-refractivity contribution in [3.8, 4) is 0 Å². The van der Waals surface area contributed by atoms with Crippen LogP contribution in [-0.4, -0.2) is 36.9 Å². The standard InChI is InChI=1S/C19H23N3O3/c1-20-19(18(23)21(2)3,14-13-15-7-5-4-6-8-15)16-9-11-17(12-10-16)22(24)25/h4-12,20H,13-14H2,1-3H3. The molecule has 0 saturated carbocycles. The minimum atomic E-state index is -0.936. The third-order valence-electron chi connectivity index (χ3n) is 4.40. The molecule has 0 aliphatic rings. The molecule has 2 rings (SSSR count). The van der Waals surface area contributed by atoms with E-state index in [2.05, 4.69) is 5.32 Å². The Hall–Kier alpha value is -2.73. The predicted octanol–water partition coefficient (Wildman–Crippen LogP) is 2.73. The Morgan fingerprint density at radius 3 is 2.20 bits per heavy atom. The van der Waals surface area contributed by atoms with Crippen molar-refractivity contribution in [3.05, 3.63) is 75.8 Å². The molecule has 0 saturated heterocycles. The van der Waals surface area contributed by atoms with E-state index < -0.39 is 10.5 Å². The fraction of sp³-hybridized carbons (Fsp3) is 0.316. The van der Waals surface area contributed by atoms with Gasteiger partial charge in [0.05, 0.1) is 4.92 Å². The summed E-state index contributed by atoms with van der Waals surface area (Å²) in [5.74, 6) is -0.0835. The fourth-order valence-electron chi connectivity index (χ4n) is 2.98. The Balaban J connectivity index is 2.40. The molecular weight excluding hydrogens is 318 g/mol. The molecule has 0 radical (unpaired) electrons. The molecule has 0 spiro atoms. The van der Waals surface area contributed by atoms with Crippen LogP contribution in [0.25, 0.3) is 0 Å². The molecule has 132 valence electrons. The predicted molar refractivity (Wildman–Crippen MR) is 97.3 cm³/mol. The van der Waals surface area contributed by atoms with E-state index in [4.69, 9.17) is 0 Å². The number of hydrogen-bond donors (Lipinski definition) is 1. The van der Waals surface area contributed by atoms with Crippen molar-refractivity contribution >= 4 is 11.6 Å². The zero-order chi connectivity index (χ0) is 18.4. The van der Waals surface area contributed by atoms with E-state index in [1.807, 2.05) is 30.3 Å². The lowest BCUT2D eigenvalue weighted by molar-refractivity contribution is -0.384. The maximum atomic E-state index is 13.0. The van der Waals surface area contributed by atoms with Crippen LogP contribution in [0.15, 0.2) is 54.6 Å². The van der Waals surface area contributed by atoms with Crippen molar-refractivity contribution in [2.75, 3.05) is 21.1 Å². The van der Waals surface area contributed by atoms with E-state index in [1.165, 1.54) is 12.1 Å². The summed E-state index contributed by atoms with van der Waals surface area (Å²) >= 11 is 0. The highest BCUT2D eigenvalue weighted by atomic mass is 16.6. The topological polar surface area (TPSA) is 75.5 Å². The maximum Gasteiger partial charge on any atom is 0.269 e. The molecule has 1 atom stereocenters. The van der Waals surface area contributed by atoms with Crippen molar-refractivity contribution in [3.63, 3.8) is 0 Å². The van der Waals surface area contributed by atoms with Crippen molar-refractivity contribution < 1.29 is 9.72 Å². The van der Waals surface area contributed by atoms with Crippen LogP contribution in [0.5, 0.6) is 0 Å². The number of nitro groups is 1. The maximum absolute atomic E-state index is 13.0. The van der Waals surface area contributed by atoms with Crippen molar-refractivity contribution in [2.24, 2.45) is 0 Å². The quantitative estimate of drug-likeness (QED) is 0.621. The average molecular weight is 341 g/mol. The van der Waals surface area contributed by atoms with Gasteiger partial charge in [-0.05, 0) is 43.1 Å². The normalized spacial score (nSPS) is 13.1. The molecule has 6 heteroatoms. The number of likely N-dealkylation sites (N-methyl/N-ethyl adjacent to an activating group) is 2. The highest BCUT2D eigenvalue weighted by molar-refractivity contribution is 5.87. The molecule has 1 amide bonds. The van der Waals surface area contributed by atoms with Gasteiger partial charge >= 0.3 is 0 Å². The van der Waals surface area contributed by atoms with Crippen molar-refractivity contribution in [1.29, 1.82) is 0 Å². The minimum Gasteiger partial charge on any atom is -0.347 e. The lowest BCUT2D eigenvalue weighted by Crippen LogP contribution is -2.53. The third-order valence-corrected chi connectivity index (χ3v) is 4.40. The van der Waals surface area contributed by atoms with Gasteiger partial charge in [-0.1, -0.05) is 30.3 Å². The van der Waals surface area contributed by atoms with Crippen LogP contribution in [0.2, 0.25) is 0 Å². The zero-order valence-electron chi connectivity index (χ0n) is 14.7. The molecule has 6 nitrogen and oxygen atoms in total. The van der Waals surface area contributed by atoms with E-state index in [1.54, 1.807) is 38.2 Å². The van der Waals surface area contributed by atoms with Crippen LogP contribution in [0.3, 0.4) is 0 Å². The molecule has 0 aliphatic carbocycles. The number of hydrogen-bond acceptors (Lipinski definition) is 4. The second kappa shape index (κ2) is 7.90. The van der Waals surface area contributed by atoms with Gasteiger partial charge in [0.2, 0.25) is 5.91 Å². The first kappa shape index (κ1) is 18.6. The highest BCUT2D eigenvalue weighted by Crippen LogP contribution is 2.30. The lowest BCUT2D eigenvalue weighted by Gasteiger charge is -2.35. The number of benzene rings is 2. The minimum absolute atomic E-state index is 0.00844. The Labute approximate surface area is 147 Å². The van der Waals surface area contributed by atoms with Gasteiger partial charge in [0.15, 0.2) is 0 Å². The van der Waals surface area contributed by atoms with E-state index in [0.717, 1.165) is 11.1 Å². The first-order valence-electron chi connectivity index (χ1n) is 8.10. The Morgan fingerprint density at radius 1 is 1.12 bits per heavy atom. The lowest BCUT2D eigenvalue weighted by atomic mass is 9.83. The van der Waals surface area contributed by atoms with Crippen LogP contribution in [0.1, 0.15) is 17.5 Å². The number of carbonyl (C=O) groups is 1. The van der Waals surface area contributed by atoms with Crippen molar-refractivity contribution in [2.45, 2.75) is 18.4 Å². The Kier molecular flexibility index (Phi) is 5.88. The second-order valence-corrected chi connectivity index (χ2v) is 6.14. The summed E-state index contributed by atoms with van der Waals surface area (Å²) in [6, 6.07) is 16.1. The summed E-state index contributed by atoms with van der Waals surface area (Å²) in [5, 5.41) is 14.1. The molecular formula is C19H23N3O3. The molecule has 1 N–H and O–H groups in total. The van der Waals surface area contributed by atoms with E-state index in [0.29, 0.717) is 12.8 Å². The Bertz CT molecular complexity index is 729. The molecule has 0 aliphatic heterocycles. The molecule has 25 heavy (non-hydrogen) atoms. The summed E-state index contributed by atoms with van der Waals surface area (Å²) in [4.78, 5) is 25.0. The third kappa shape index (κ3) is 4.03. The number of non-ortho nitro benzene ring substituents is 1. The SMILES string of the molecule is CNC(CCc1ccccc1)(C(=O)N(C)C)c1ccc([N+](=O)[O-])cc1. The van der Waals surface area contributed by atoms with Gasteiger partial charge in [0, 0.05) is 26.2 Å². The molecule has 0 aromatic heterocycles. The van der Waals surface area contributed by atoms with Gasteiger partial charge in [-0.15, -0.1) is 0 Å². The first-order valence-corrected chi connectivity index (χ1v) is 8.10. The van der Waals surface area contributed by atoms with Gasteiger partial charge in [0.1, 0.15) is 5.54 Å². The summed E-state index contributed by atoms with van der Waals surface area (Å²) in [5.41, 5.74) is 0.925. The van der Waals surface area contributed by atoms with Crippen LogP contribution in [-0.2, 0) is 16.8 Å². The monoisotopic (exact) mass is 341 g/mol. The first-order chi connectivity index (χ1) is 11.9. The van der Waals surface area contributed by atoms with Gasteiger partial charge in [-0.25, -0.2) is 0 Å². The largest absolute Gasteiger partial charge is 0.347 e. The second-order valence-electron chi connectivity index (χ2n) is 6.14. The summed E-state index contributed by atoms with van der Waals surface area (Å²) < 4.78 is 0. The summed E-state index contributed by atoms with van der Waals surface area (Å²) in [6.07, 6.45) is 1.25. The summed E-state index contributed by atoms with van der Waals surface area (Å²) in [6.45, 7) is 0. The average Bonchev–Trinajstić information content (AvgIpc) is 2.63. The van der Waals surface area contributed by atoms with Crippen molar-refractivity contribution in [1.82, 2.24) is 10.2 Å². The number of amides is 1. The number of rotatable bonds is 7. The highest BCUT2D eigenvalue weighted by Gasteiger charge is 2.39. The van der Waals surface area contributed by atoms with E-state index in [-0.39, 0.29) is 11.6 Å². The fourth-order valence-corrected chi connectivity index (χ4v) is 2.98. The molecule has 0 fully saturated rings. The van der Waals surface area contributed by atoms with Crippen LogP contribution >= 0.6 is 0 Å². The Morgan fingerprint density at radius 2 is 1.72 bits per heavy atom.